The molecule has 0 atom stereocenters. The van der Waals surface area contributed by atoms with Gasteiger partial charge in [0.05, 0.1) is 6.10 Å². The fourth-order valence-electron chi connectivity index (χ4n) is 2.98. The van der Waals surface area contributed by atoms with E-state index >= 15 is 0 Å². The third-order valence-electron chi connectivity index (χ3n) is 4.19. The Bertz CT molecular complexity index is 300. The van der Waals surface area contributed by atoms with Crippen LogP contribution in [0.4, 0.5) is 0 Å². The zero-order chi connectivity index (χ0) is 14.2. The van der Waals surface area contributed by atoms with Crippen LogP contribution in [0.1, 0.15) is 39.0 Å². The van der Waals surface area contributed by atoms with E-state index in [1.807, 2.05) is 0 Å². The molecule has 2 fully saturated rings. The number of aliphatic hydroxyl groups excluding tert-OH is 1. The summed E-state index contributed by atoms with van der Waals surface area (Å²) < 4.78 is 0. The number of piperidine rings is 1. The Kier molecular flexibility index (Phi) is 9.59. The fourth-order valence-corrected chi connectivity index (χ4v) is 2.98. The van der Waals surface area contributed by atoms with Crippen LogP contribution in [0.3, 0.4) is 0 Å². The van der Waals surface area contributed by atoms with E-state index in [9.17, 15) is 5.11 Å². The lowest BCUT2D eigenvalue weighted by Crippen LogP contribution is -2.40. The van der Waals surface area contributed by atoms with Gasteiger partial charge in [-0.25, -0.2) is 0 Å². The van der Waals surface area contributed by atoms with Gasteiger partial charge in [0, 0.05) is 39.3 Å². The summed E-state index contributed by atoms with van der Waals surface area (Å²) in [6, 6.07) is 0. The first-order valence-electron chi connectivity index (χ1n) is 8.23. The van der Waals surface area contributed by atoms with Gasteiger partial charge in [-0.3, -0.25) is 4.99 Å². The summed E-state index contributed by atoms with van der Waals surface area (Å²) in [6.07, 6.45) is 5.49. The second-order valence-electron chi connectivity index (χ2n) is 5.86. The van der Waals surface area contributed by atoms with E-state index in [-0.39, 0.29) is 30.1 Å². The first-order valence-corrected chi connectivity index (χ1v) is 8.23. The second kappa shape index (κ2) is 10.6. The maximum atomic E-state index is 9.49. The van der Waals surface area contributed by atoms with E-state index in [4.69, 9.17) is 4.99 Å². The normalized spacial score (nSPS) is 21.4. The van der Waals surface area contributed by atoms with Crippen molar-refractivity contribution in [3.05, 3.63) is 0 Å². The predicted octanol–water partition coefficient (Wildman–Crippen LogP) is 1.51. The molecular weight excluding hydrogens is 379 g/mol. The van der Waals surface area contributed by atoms with Gasteiger partial charge in [-0.15, -0.1) is 24.0 Å². The molecule has 124 valence electrons. The van der Waals surface area contributed by atoms with Crippen molar-refractivity contribution in [1.29, 1.82) is 0 Å². The standard InChI is InChI=1S/C15H30N4O.HI/c1-2-16-15(19-10-3-4-11-19)17-8-5-9-18-12-6-14(20)7-13-18;/h14,20H,2-13H2,1H3,(H,16,17);1H. The smallest absolute Gasteiger partial charge is 0.193 e. The minimum absolute atomic E-state index is 0. The van der Waals surface area contributed by atoms with Crippen molar-refractivity contribution in [1.82, 2.24) is 15.1 Å². The molecule has 0 saturated carbocycles. The van der Waals surface area contributed by atoms with Crippen molar-refractivity contribution in [3.63, 3.8) is 0 Å². The quantitative estimate of drug-likeness (QED) is 0.312. The molecule has 0 aliphatic carbocycles. The SMILES string of the molecule is CCNC(=NCCCN1CCC(O)CC1)N1CCCC1.I. The van der Waals surface area contributed by atoms with Crippen molar-refractivity contribution in [2.24, 2.45) is 4.99 Å². The van der Waals surface area contributed by atoms with Gasteiger partial charge >= 0.3 is 0 Å². The Hall–Kier alpha value is -0.0800. The number of nitrogens with zero attached hydrogens (tertiary/aromatic N) is 3. The summed E-state index contributed by atoms with van der Waals surface area (Å²) in [5, 5.41) is 12.9. The van der Waals surface area contributed by atoms with Gasteiger partial charge in [0.1, 0.15) is 0 Å². The molecular formula is C15H31IN4O. The van der Waals surface area contributed by atoms with Gasteiger partial charge in [-0.1, -0.05) is 0 Å². The Morgan fingerprint density at radius 1 is 1.19 bits per heavy atom. The van der Waals surface area contributed by atoms with Crippen LogP contribution in [0.2, 0.25) is 0 Å². The summed E-state index contributed by atoms with van der Waals surface area (Å²) >= 11 is 0. The molecule has 2 rings (SSSR count). The van der Waals surface area contributed by atoms with Crippen molar-refractivity contribution in [2.75, 3.05) is 45.8 Å². The minimum Gasteiger partial charge on any atom is -0.393 e. The monoisotopic (exact) mass is 410 g/mol. The van der Waals surface area contributed by atoms with Crippen LogP contribution in [-0.4, -0.2) is 72.8 Å². The first-order chi connectivity index (χ1) is 9.79. The van der Waals surface area contributed by atoms with E-state index in [1.54, 1.807) is 0 Å². The molecule has 0 aromatic heterocycles. The summed E-state index contributed by atoms with van der Waals surface area (Å²) in [5.41, 5.74) is 0. The highest BCUT2D eigenvalue weighted by molar-refractivity contribution is 14.0. The van der Waals surface area contributed by atoms with Gasteiger partial charge < -0.3 is 20.2 Å². The topological polar surface area (TPSA) is 51.1 Å². The zero-order valence-electron chi connectivity index (χ0n) is 13.3. The Morgan fingerprint density at radius 3 is 2.48 bits per heavy atom. The highest BCUT2D eigenvalue weighted by Gasteiger charge is 2.17. The van der Waals surface area contributed by atoms with Crippen LogP contribution in [0, 0.1) is 0 Å². The van der Waals surface area contributed by atoms with E-state index < -0.39 is 0 Å². The Morgan fingerprint density at radius 2 is 1.86 bits per heavy atom. The highest BCUT2D eigenvalue weighted by atomic mass is 127. The van der Waals surface area contributed by atoms with E-state index in [2.05, 4.69) is 22.0 Å². The molecule has 2 aliphatic heterocycles. The number of hydrogen-bond acceptors (Lipinski definition) is 3. The average Bonchev–Trinajstić information content (AvgIpc) is 2.98. The number of aliphatic hydroxyl groups is 1. The summed E-state index contributed by atoms with van der Waals surface area (Å²) in [5.74, 6) is 1.10. The summed E-state index contributed by atoms with van der Waals surface area (Å²) in [4.78, 5) is 9.58. The van der Waals surface area contributed by atoms with Crippen molar-refractivity contribution in [3.8, 4) is 0 Å². The van der Waals surface area contributed by atoms with Crippen LogP contribution in [0.25, 0.3) is 0 Å². The number of hydrogen-bond donors (Lipinski definition) is 2. The molecule has 0 bridgehead atoms. The number of halogens is 1. The molecule has 2 saturated heterocycles. The van der Waals surface area contributed by atoms with Gasteiger partial charge in [-0.05, 0) is 45.6 Å². The summed E-state index contributed by atoms with van der Waals surface area (Å²) in [6.45, 7) is 9.46. The molecule has 0 unspecified atom stereocenters. The molecule has 0 aromatic rings. The van der Waals surface area contributed by atoms with Crippen LogP contribution < -0.4 is 5.32 Å². The average molecular weight is 410 g/mol. The number of guanidine groups is 1. The van der Waals surface area contributed by atoms with E-state index in [0.29, 0.717) is 0 Å². The van der Waals surface area contributed by atoms with Gasteiger partial charge in [0.15, 0.2) is 5.96 Å². The van der Waals surface area contributed by atoms with Crippen LogP contribution in [0.5, 0.6) is 0 Å². The Balaban J connectivity index is 0.00000220. The minimum atomic E-state index is -0.0696. The zero-order valence-corrected chi connectivity index (χ0v) is 15.6. The largest absolute Gasteiger partial charge is 0.393 e. The summed E-state index contributed by atoms with van der Waals surface area (Å²) in [7, 11) is 0. The Labute approximate surface area is 146 Å². The number of likely N-dealkylation sites (tertiary alicyclic amines) is 2. The number of aliphatic imine (C=N–C) groups is 1. The van der Waals surface area contributed by atoms with Gasteiger partial charge in [-0.2, -0.15) is 0 Å². The lowest BCUT2D eigenvalue weighted by molar-refractivity contribution is 0.0824. The number of rotatable bonds is 5. The molecule has 0 amide bonds. The molecule has 6 heteroatoms. The van der Waals surface area contributed by atoms with Crippen molar-refractivity contribution in [2.45, 2.75) is 45.1 Å². The maximum Gasteiger partial charge on any atom is 0.193 e. The molecule has 0 radical (unpaired) electrons. The second-order valence-corrected chi connectivity index (χ2v) is 5.86. The lowest BCUT2D eigenvalue weighted by atomic mass is 10.1. The third-order valence-corrected chi connectivity index (χ3v) is 4.19. The molecule has 2 N–H and O–H groups in total. The van der Waals surface area contributed by atoms with Crippen molar-refractivity contribution < 1.29 is 5.11 Å². The van der Waals surface area contributed by atoms with E-state index in [0.717, 1.165) is 71.0 Å². The van der Waals surface area contributed by atoms with Gasteiger partial charge in [0.25, 0.3) is 0 Å². The number of nitrogens with one attached hydrogen (secondary N) is 1. The van der Waals surface area contributed by atoms with E-state index in [1.165, 1.54) is 12.8 Å². The molecule has 0 spiro atoms. The lowest BCUT2D eigenvalue weighted by Gasteiger charge is -2.29. The van der Waals surface area contributed by atoms with Crippen LogP contribution in [0.15, 0.2) is 4.99 Å². The van der Waals surface area contributed by atoms with Crippen LogP contribution in [-0.2, 0) is 0 Å². The molecule has 2 aliphatic rings. The van der Waals surface area contributed by atoms with Crippen LogP contribution >= 0.6 is 24.0 Å². The maximum absolute atomic E-state index is 9.49. The molecule has 5 nitrogen and oxygen atoms in total. The highest BCUT2D eigenvalue weighted by Crippen LogP contribution is 2.10. The first kappa shape index (κ1) is 19.0. The third kappa shape index (κ3) is 6.69. The van der Waals surface area contributed by atoms with Crippen molar-refractivity contribution >= 4 is 29.9 Å². The fraction of sp³-hybridized carbons (Fsp3) is 0.933. The molecule has 0 aromatic carbocycles. The predicted molar refractivity (Wildman–Crippen MR) is 98.5 cm³/mol. The van der Waals surface area contributed by atoms with Gasteiger partial charge in [0.2, 0.25) is 0 Å². The molecule has 21 heavy (non-hydrogen) atoms. The molecule has 2 heterocycles.